The molecule has 7 heteroatoms. The average Bonchev–Trinajstić information content (AvgIpc) is 2.60. The number of β-lactam (4-membered cyclic amide) rings is 1. The van der Waals surface area contributed by atoms with Crippen LogP contribution in [0.15, 0.2) is 10.6 Å². The Morgan fingerprint density at radius 2 is 2.26 bits per heavy atom. The summed E-state index contributed by atoms with van der Waals surface area (Å²) in [7, 11) is 0. The van der Waals surface area contributed by atoms with Gasteiger partial charge in [0.1, 0.15) is 0 Å². The molecule has 1 amide bonds. The summed E-state index contributed by atoms with van der Waals surface area (Å²) in [5.41, 5.74) is 0.0142. The van der Waals surface area contributed by atoms with Crippen LogP contribution in [0.4, 0.5) is 0 Å². The van der Waals surface area contributed by atoms with Gasteiger partial charge in [0.2, 0.25) is 5.91 Å². The minimum absolute atomic E-state index is 0. The van der Waals surface area contributed by atoms with Crippen LogP contribution in [-0.2, 0) is 9.59 Å². The number of aliphatic hydroxyl groups excluding tert-OH is 1. The topological polar surface area (TPSA) is 80.7 Å². The molecule has 0 spiro atoms. The van der Waals surface area contributed by atoms with Crippen molar-refractivity contribution in [3.05, 3.63) is 10.6 Å². The van der Waals surface area contributed by atoms with Gasteiger partial charge in [0.25, 0.3) is 0 Å². The van der Waals surface area contributed by atoms with Gasteiger partial charge < -0.3 is 19.9 Å². The summed E-state index contributed by atoms with van der Waals surface area (Å²) < 4.78 is 0. The summed E-state index contributed by atoms with van der Waals surface area (Å²) in [6.07, 6.45) is 0.722. The molecular formula is C12H16NNaO4S. The van der Waals surface area contributed by atoms with Gasteiger partial charge in [-0.15, -0.1) is 11.8 Å². The van der Waals surface area contributed by atoms with E-state index in [-0.39, 0.29) is 47.2 Å². The van der Waals surface area contributed by atoms with Gasteiger partial charge in [-0.2, -0.15) is 0 Å². The molecule has 1 N–H and O–H groups in total. The van der Waals surface area contributed by atoms with Crippen molar-refractivity contribution in [2.75, 3.05) is 5.75 Å². The van der Waals surface area contributed by atoms with Gasteiger partial charge in [-0.25, -0.2) is 0 Å². The first kappa shape index (κ1) is 17.0. The molecule has 0 saturated carbocycles. The Hall–Kier alpha value is -0.0100. The number of rotatable bonds is 5. The second kappa shape index (κ2) is 6.63. The number of fused-ring (bicyclic) bond motifs is 1. The van der Waals surface area contributed by atoms with Crippen molar-refractivity contribution in [2.24, 2.45) is 5.92 Å². The Morgan fingerprint density at radius 1 is 1.63 bits per heavy atom. The smallest absolute Gasteiger partial charge is 0.543 e. The minimum atomic E-state index is -1.30. The van der Waals surface area contributed by atoms with Crippen LogP contribution < -0.4 is 34.7 Å². The Balaban J connectivity index is 0.00000180. The van der Waals surface area contributed by atoms with Crippen LogP contribution >= 0.6 is 11.8 Å². The minimum Gasteiger partial charge on any atom is -0.543 e. The molecule has 0 aromatic heterocycles. The number of carboxylic acids is 1. The van der Waals surface area contributed by atoms with Crippen LogP contribution in [0, 0.1) is 5.92 Å². The Morgan fingerprint density at radius 3 is 2.74 bits per heavy atom. The average molecular weight is 293 g/mol. The first-order chi connectivity index (χ1) is 8.49. The van der Waals surface area contributed by atoms with E-state index in [0.717, 1.165) is 12.2 Å². The van der Waals surface area contributed by atoms with Crippen molar-refractivity contribution in [2.45, 2.75) is 38.8 Å². The van der Waals surface area contributed by atoms with Crippen LogP contribution in [-0.4, -0.2) is 39.8 Å². The maximum atomic E-state index is 11.9. The van der Waals surface area contributed by atoms with Crippen molar-refractivity contribution in [1.29, 1.82) is 0 Å². The molecule has 1 saturated heterocycles. The number of carbonyl (C=O) groups is 2. The third-order valence-electron chi connectivity index (χ3n) is 3.36. The second-order valence-corrected chi connectivity index (χ2v) is 5.84. The molecule has 0 aliphatic carbocycles. The van der Waals surface area contributed by atoms with Crippen LogP contribution in [0.3, 0.4) is 0 Å². The Kier molecular flexibility index (Phi) is 5.95. The van der Waals surface area contributed by atoms with E-state index in [1.165, 1.54) is 16.7 Å². The van der Waals surface area contributed by atoms with Crippen LogP contribution in [0.1, 0.15) is 26.7 Å². The summed E-state index contributed by atoms with van der Waals surface area (Å²) in [6, 6.07) is -0.204. The Bertz CT molecular complexity index is 424. The third-order valence-corrected chi connectivity index (χ3v) is 4.68. The van der Waals surface area contributed by atoms with Gasteiger partial charge in [-0.3, -0.25) is 4.79 Å². The molecule has 2 heterocycles. The first-order valence-corrected chi connectivity index (χ1v) is 7.06. The maximum Gasteiger partial charge on any atom is 1.00 e. The Labute approximate surface area is 138 Å². The molecule has 2 rings (SSSR count). The quantitative estimate of drug-likeness (QED) is 0.424. The van der Waals surface area contributed by atoms with Crippen molar-refractivity contribution < 1.29 is 49.4 Å². The zero-order valence-corrected chi connectivity index (χ0v) is 14.2. The maximum absolute atomic E-state index is 11.9. The van der Waals surface area contributed by atoms with Crippen molar-refractivity contribution in [3.63, 3.8) is 0 Å². The fourth-order valence-electron chi connectivity index (χ4n) is 2.57. The van der Waals surface area contributed by atoms with E-state index in [9.17, 15) is 19.8 Å². The number of thioether (sulfide) groups is 1. The largest absolute Gasteiger partial charge is 1.00 e. The summed E-state index contributed by atoms with van der Waals surface area (Å²) in [6.45, 7) is 3.58. The van der Waals surface area contributed by atoms with E-state index in [1.54, 1.807) is 6.92 Å². The van der Waals surface area contributed by atoms with E-state index in [4.69, 9.17) is 0 Å². The number of amides is 1. The van der Waals surface area contributed by atoms with Crippen molar-refractivity contribution in [3.8, 4) is 0 Å². The van der Waals surface area contributed by atoms with E-state index >= 15 is 0 Å². The third kappa shape index (κ3) is 2.88. The summed E-state index contributed by atoms with van der Waals surface area (Å²) in [5, 5.41) is 20.7. The normalized spacial score (nSPS) is 26.7. The molecule has 3 atom stereocenters. The zero-order valence-electron chi connectivity index (χ0n) is 11.4. The molecule has 2 aliphatic rings. The molecule has 0 radical (unpaired) electrons. The standard InChI is InChI=1S/C12H17NO4S.Na/c1-3-4-18-8-5-7-9(6(2)14)11(15)13(7)10(8)12(16)17;/h6-7,9,14H,3-5H2,1-2H3,(H,16,17);/q;+1/p-1/t6-,7+,9-;/m0./s1. The monoisotopic (exact) mass is 293 g/mol. The van der Waals surface area contributed by atoms with Gasteiger partial charge in [-0.1, -0.05) is 6.92 Å². The van der Waals surface area contributed by atoms with Crippen LogP contribution in [0.5, 0.6) is 0 Å². The molecule has 0 unspecified atom stereocenters. The molecular weight excluding hydrogens is 277 g/mol. The van der Waals surface area contributed by atoms with Gasteiger partial charge in [0.05, 0.1) is 29.7 Å². The number of carboxylic acid groups (broad SMARTS) is 1. The summed E-state index contributed by atoms with van der Waals surface area (Å²) in [5.74, 6) is -1.26. The molecule has 0 bridgehead atoms. The zero-order chi connectivity index (χ0) is 13.4. The molecule has 2 aliphatic heterocycles. The van der Waals surface area contributed by atoms with Gasteiger partial charge in [-0.05, 0) is 19.1 Å². The molecule has 19 heavy (non-hydrogen) atoms. The molecule has 0 aromatic carbocycles. The number of aliphatic hydroxyl groups is 1. The predicted molar refractivity (Wildman–Crippen MR) is 65.2 cm³/mol. The van der Waals surface area contributed by atoms with Crippen molar-refractivity contribution in [1.82, 2.24) is 4.90 Å². The number of aliphatic carboxylic acids is 1. The molecule has 100 valence electrons. The summed E-state index contributed by atoms with van der Waals surface area (Å²) >= 11 is 1.47. The molecule has 0 aromatic rings. The predicted octanol–water partition coefficient (Wildman–Crippen LogP) is -3.29. The number of hydrogen-bond acceptors (Lipinski definition) is 5. The van der Waals surface area contributed by atoms with E-state index < -0.39 is 18.0 Å². The van der Waals surface area contributed by atoms with E-state index in [0.29, 0.717) is 11.3 Å². The SMILES string of the molecule is CCCSC1=C(C(=O)[O-])N2C(=O)[C@@H]([C@H](C)O)[C@H]2C1.[Na+]. The molecule has 5 nitrogen and oxygen atoms in total. The summed E-state index contributed by atoms with van der Waals surface area (Å²) in [4.78, 5) is 25.0. The van der Waals surface area contributed by atoms with Gasteiger partial charge >= 0.3 is 29.6 Å². The second-order valence-electron chi connectivity index (χ2n) is 4.65. The number of carbonyl (C=O) groups excluding carboxylic acids is 2. The fourth-order valence-corrected chi connectivity index (χ4v) is 3.63. The first-order valence-electron chi connectivity index (χ1n) is 6.07. The van der Waals surface area contributed by atoms with Crippen molar-refractivity contribution >= 4 is 23.6 Å². The van der Waals surface area contributed by atoms with Crippen LogP contribution in [0.25, 0.3) is 0 Å². The van der Waals surface area contributed by atoms with Crippen LogP contribution in [0.2, 0.25) is 0 Å². The number of hydrogen-bond donors (Lipinski definition) is 1. The van der Waals surface area contributed by atoms with Gasteiger partial charge in [0, 0.05) is 11.3 Å². The fraction of sp³-hybridized carbons (Fsp3) is 0.667. The number of nitrogens with zero attached hydrogens (tertiary/aromatic N) is 1. The van der Waals surface area contributed by atoms with E-state index in [2.05, 4.69) is 0 Å². The molecule has 1 fully saturated rings. The van der Waals surface area contributed by atoms with Gasteiger partial charge in [0.15, 0.2) is 0 Å². The van der Waals surface area contributed by atoms with E-state index in [1.807, 2.05) is 6.92 Å².